The van der Waals surface area contributed by atoms with Crippen molar-refractivity contribution >= 4 is 5.91 Å². The number of furan rings is 1. The Kier molecular flexibility index (Phi) is 6.85. The summed E-state index contributed by atoms with van der Waals surface area (Å²) in [5.74, 6) is 2.12. The lowest BCUT2D eigenvalue weighted by Gasteiger charge is -2.18. The molecule has 30 heavy (non-hydrogen) atoms. The van der Waals surface area contributed by atoms with Gasteiger partial charge in [-0.15, -0.1) is 0 Å². The Hall–Kier alpha value is -3.61. The molecule has 158 valence electrons. The number of methoxy groups -OCH3 is 3. The number of nitrogens with one attached hydrogen (secondary N) is 1. The number of carbonyl (C=O) groups excluding carboxylic acids is 1. The maximum absolute atomic E-state index is 12.8. The highest BCUT2D eigenvalue weighted by molar-refractivity contribution is 5.93. The van der Waals surface area contributed by atoms with Gasteiger partial charge in [-0.2, -0.15) is 0 Å². The predicted octanol–water partition coefficient (Wildman–Crippen LogP) is 4.38. The second-order valence-corrected chi connectivity index (χ2v) is 6.53. The van der Waals surface area contributed by atoms with Crippen LogP contribution in [0.15, 0.2) is 59.2 Å². The molecule has 0 aliphatic rings. The van der Waals surface area contributed by atoms with Crippen LogP contribution >= 0.6 is 0 Å². The lowest BCUT2D eigenvalue weighted by Crippen LogP contribution is -2.27. The first kappa shape index (κ1) is 21.1. The van der Waals surface area contributed by atoms with Crippen LogP contribution in [0.3, 0.4) is 0 Å². The molecule has 1 unspecified atom stereocenters. The van der Waals surface area contributed by atoms with Crippen molar-refractivity contribution in [2.45, 2.75) is 19.6 Å². The van der Waals surface area contributed by atoms with Gasteiger partial charge in [0.15, 0.2) is 17.3 Å². The fourth-order valence-corrected chi connectivity index (χ4v) is 3.02. The van der Waals surface area contributed by atoms with Gasteiger partial charge < -0.3 is 28.7 Å². The zero-order chi connectivity index (χ0) is 21.5. The molecule has 1 atom stereocenters. The van der Waals surface area contributed by atoms with E-state index in [-0.39, 0.29) is 24.3 Å². The van der Waals surface area contributed by atoms with Gasteiger partial charge in [0.1, 0.15) is 12.4 Å². The Bertz CT molecular complexity index is 957. The summed E-state index contributed by atoms with van der Waals surface area (Å²) in [6, 6.07) is 14.4. The Morgan fingerprint density at radius 2 is 1.67 bits per heavy atom. The molecule has 3 rings (SSSR count). The summed E-state index contributed by atoms with van der Waals surface area (Å²) in [7, 11) is 4.64. The Morgan fingerprint density at radius 3 is 2.27 bits per heavy atom. The molecule has 7 heteroatoms. The van der Waals surface area contributed by atoms with Crippen molar-refractivity contribution in [3.63, 3.8) is 0 Å². The number of benzene rings is 2. The Labute approximate surface area is 175 Å². The average molecular weight is 411 g/mol. The molecule has 0 bridgehead atoms. The van der Waals surface area contributed by atoms with Crippen LogP contribution in [-0.2, 0) is 6.61 Å². The minimum atomic E-state index is -0.340. The number of rotatable bonds is 9. The topological polar surface area (TPSA) is 79.2 Å². The van der Waals surface area contributed by atoms with Gasteiger partial charge in [0.25, 0.3) is 5.91 Å². The average Bonchev–Trinajstić information content (AvgIpc) is 3.26. The van der Waals surface area contributed by atoms with E-state index in [2.05, 4.69) is 5.32 Å². The van der Waals surface area contributed by atoms with E-state index in [1.54, 1.807) is 39.5 Å². The molecule has 0 aliphatic heterocycles. The molecule has 0 saturated carbocycles. The molecule has 3 aromatic rings. The smallest absolute Gasteiger partial charge is 0.287 e. The largest absolute Gasteiger partial charge is 0.493 e. The van der Waals surface area contributed by atoms with Crippen LogP contribution in [0, 0.1) is 0 Å². The molecular weight excluding hydrogens is 386 g/mol. The van der Waals surface area contributed by atoms with Crippen molar-refractivity contribution in [3.05, 3.63) is 71.7 Å². The number of hydrogen-bond acceptors (Lipinski definition) is 6. The third-order valence-electron chi connectivity index (χ3n) is 4.63. The van der Waals surface area contributed by atoms with E-state index in [0.717, 1.165) is 11.3 Å². The first-order valence-electron chi connectivity index (χ1n) is 9.42. The molecule has 0 aliphatic carbocycles. The lowest BCUT2D eigenvalue weighted by molar-refractivity contribution is 0.0908. The first-order valence-corrected chi connectivity index (χ1v) is 9.42. The number of para-hydroxylation sites is 1. The second kappa shape index (κ2) is 9.73. The van der Waals surface area contributed by atoms with E-state index in [9.17, 15) is 4.79 Å². The van der Waals surface area contributed by atoms with Crippen LogP contribution in [0.1, 0.15) is 34.6 Å². The van der Waals surface area contributed by atoms with Crippen molar-refractivity contribution in [1.29, 1.82) is 0 Å². The van der Waals surface area contributed by atoms with Gasteiger partial charge in [0, 0.05) is 5.56 Å². The number of amides is 1. The van der Waals surface area contributed by atoms with Crippen molar-refractivity contribution in [3.8, 4) is 23.0 Å². The maximum Gasteiger partial charge on any atom is 0.287 e. The van der Waals surface area contributed by atoms with Crippen LogP contribution < -0.4 is 24.3 Å². The number of carbonyl (C=O) groups is 1. The standard InChI is InChI=1S/C23H25NO6/c1-15(17-12-19(26-2)22(28-4)20(13-17)27-3)24-23(25)21-16(10-11-29-21)14-30-18-8-6-5-7-9-18/h5-13,15H,14H2,1-4H3,(H,24,25). The molecule has 0 spiro atoms. The lowest BCUT2D eigenvalue weighted by atomic mass is 10.1. The van der Waals surface area contributed by atoms with Crippen molar-refractivity contribution < 1.29 is 28.2 Å². The van der Waals surface area contributed by atoms with E-state index in [1.165, 1.54) is 6.26 Å². The van der Waals surface area contributed by atoms with Crippen LogP contribution in [0.25, 0.3) is 0 Å². The van der Waals surface area contributed by atoms with Gasteiger partial charge in [-0.05, 0) is 42.8 Å². The van der Waals surface area contributed by atoms with E-state index in [1.807, 2.05) is 37.3 Å². The summed E-state index contributed by atoms with van der Waals surface area (Å²) in [4.78, 5) is 12.8. The summed E-state index contributed by atoms with van der Waals surface area (Å²) < 4.78 is 27.3. The number of ether oxygens (including phenoxy) is 4. The van der Waals surface area contributed by atoms with Crippen LogP contribution in [-0.4, -0.2) is 27.2 Å². The van der Waals surface area contributed by atoms with Crippen molar-refractivity contribution in [2.75, 3.05) is 21.3 Å². The summed E-state index contributed by atoms with van der Waals surface area (Å²) in [5.41, 5.74) is 1.46. The van der Waals surface area contributed by atoms with Crippen molar-refractivity contribution in [1.82, 2.24) is 5.32 Å². The second-order valence-electron chi connectivity index (χ2n) is 6.53. The van der Waals surface area contributed by atoms with Gasteiger partial charge in [0.2, 0.25) is 5.75 Å². The molecule has 1 N–H and O–H groups in total. The molecule has 0 radical (unpaired) electrons. The van der Waals surface area contributed by atoms with Gasteiger partial charge in [-0.25, -0.2) is 0 Å². The number of hydrogen-bond donors (Lipinski definition) is 1. The highest BCUT2D eigenvalue weighted by Crippen LogP contribution is 2.39. The van der Waals surface area contributed by atoms with Gasteiger partial charge in [-0.1, -0.05) is 18.2 Å². The fraction of sp³-hybridized carbons (Fsp3) is 0.261. The summed E-state index contributed by atoms with van der Waals surface area (Å²) in [6.45, 7) is 2.09. The molecule has 1 aromatic heterocycles. The van der Waals surface area contributed by atoms with Crippen molar-refractivity contribution in [2.24, 2.45) is 0 Å². The third kappa shape index (κ3) is 4.68. The third-order valence-corrected chi connectivity index (χ3v) is 4.63. The zero-order valence-corrected chi connectivity index (χ0v) is 17.4. The highest BCUT2D eigenvalue weighted by atomic mass is 16.5. The molecule has 0 saturated heterocycles. The Balaban J connectivity index is 1.73. The van der Waals surface area contributed by atoms with E-state index >= 15 is 0 Å². The molecule has 1 amide bonds. The van der Waals surface area contributed by atoms with E-state index in [0.29, 0.717) is 22.8 Å². The van der Waals surface area contributed by atoms with E-state index in [4.69, 9.17) is 23.4 Å². The van der Waals surface area contributed by atoms with Gasteiger partial charge in [-0.3, -0.25) is 4.79 Å². The molecular formula is C23H25NO6. The van der Waals surface area contributed by atoms with E-state index < -0.39 is 0 Å². The molecule has 1 heterocycles. The van der Waals surface area contributed by atoms with Crippen LogP contribution in [0.4, 0.5) is 0 Å². The zero-order valence-electron chi connectivity index (χ0n) is 17.4. The summed E-state index contributed by atoms with van der Waals surface area (Å²) in [6.07, 6.45) is 1.47. The summed E-state index contributed by atoms with van der Waals surface area (Å²) >= 11 is 0. The highest BCUT2D eigenvalue weighted by Gasteiger charge is 2.21. The van der Waals surface area contributed by atoms with Gasteiger partial charge in [0.05, 0.1) is 33.6 Å². The SMILES string of the molecule is COc1cc(C(C)NC(=O)c2occc2COc2ccccc2)cc(OC)c1OC. The molecule has 0 fully saturated rings. The molecule has 2 aromatic carbocycles. The first-order chi connectivity index (χ1) is 14.6. The summed E-state index contributed by atoms with van der Waals surface area (Å²) in [5, 5.41) is 2.94. The molecule has 7 nitrogen and oxygen atoms in total. The fourth-order valence-electron chi connectivity index (χ4n) is 3.02. The van der Waals surface area contributed by atoms with Crippen LogP contribution in [0.5, 0.6) is 23.0 Å². The predicted molar refractivity (Wildman–Crippen MR) is 111 cm³/mol. The monoisotopic (exact) mass is 411 g/mol. The van der Waals surface area contributed by atoms with Crippen LogP contribution in [0.2, 0.25) is 0 Å². The minimum Gasteiger partial charge on any atom is -0.493 e. The maximum atomic E-state index is 12.8. The minimum absolute atomic E-state index is 0.213. The Morgan fingerprint density at radius 1 is 1.00 bits per heavy atom. The van der Waals surface area contributed by atoms with Gasteiger partial charge >= 0.3 is 0 Å². The normalized spacial score (nSPS) is 11.5. The quantitative estimate of drug-likeness (QED) is 0.563.